The first-order chi connectivity index (χ1) is 14.3. The number of rotatable bonds is 8. The largest absolute Gasteiger partial charge is 0.494 e. The van der Waals surface area contributed by atoms with E-state index in [9.17, 15) is 13.2 Å². The topological polar surface area (TPSA) is 84.9 Å². The van der Waals surface area contributed by atoms with Crippen LogP contribution >= 0.6 is 27.3 Å². The molecule has 0 spiro atoms. The number of nitrogens with one attached hydrogen (secondary N) is 1. The SMILES string of the molecule is CCOc1ccc(OCC)c(NC(=O)C2CCN(S(=O)(=O)c3ccc(Br)s3)CC2)c1. The Balaban J connectivity index is 1.65. The molecule has 1 fully saturated rings. The molecule has 1 aliphatic heterocycles. The molecule has 0 aliphatic carbocycles. The molecule has 7 nitrogen and oxygen atoms in total. The highest BCUT2D eigenvalue weighted by molar-refractivity contribution is 9.11. The van der Waals surface area contributed by atoms with Gasteiger partial charge in [0.2, 0.25) is 5.91 Å². The average Bonchev–Trinajstić information content (AvgIpc) is 3.17. The number of piperidine rings is 1. The molecule has 1 saturated heterocycles. The van der Waals surface area contributed by atoms with Crippen LogP contribution in [0.5, 0.6) is 11.5 Å². The number of carbonyl (C=O) groups is 1. The Morgan fingerprint density at radius 1 is 1.17 bits per heavy atom. The van der Waals surface area contributed by atoms with Gasteiger partial charge in [-0.15, -0.1) is 11.3 Å². The number of ether oxygens (including phenoxy) is 2. The van der Waals surface area contributed by atoms with Gasteiger partial charge in [0.1, 0.15) is 15.7 Å². The molecule has 10 heteroatoms. The number of sulfonamides is 1. The third-order valence-corrected chi connectivity index (χ3v) is 8.78. The number of amides is 1. The highest BCUT2D eigenvalue weighted by Crippen LogP contribution is 2.33. The Hall–Kier alpha value is -1.62. The molecular weight excluding hydrogens is 492 g/mol. The van der Waals surface area contributed by atoms with Crippen molar-refractivity contribution in [2.45, 2.75) is 30.9 Å². The highest BCUT2D eigenvalue weighted by Gasteiger charge is 2.33. The quantitative estimate of drug-likeness (QED) is 0.563. The van der Waals surface area contributed by atoms with E-state index in [1.807, 2.05) is 13.8 Å². The summed E-state index contributed by atoms with van der Waals surface area (Å²) in [5.74, 6) is 0.828. The van der Waals surface area contributed by atoms with E-state index >= 15 is 0 Å². The van der Waals surface area contributed by atoms with Crippen LogP contribution < -0.4 is 14.8 Å². The molecule has 2 aromatic rings. The van der Waals surface area contributed by atoms with Crippen LogP contribution in [-0.2, 0) is 14.8 Å². The number of thiophene rings is 1. The van der Waals surface area contributed by atoms with Gasteiger partial charge in [0.05, 0.1) is 22.7 Å². The van der Waals surface area contributed by atoms with Crippen LogP contribution in [0.25, 0.3) is 0 Å². The maximum absolute atomic E-state index is 12.8. The summed E-state index contributed by atoms with van der Waals surface area (Å²) in [7, 11) is -3.52. The van der Waals surface area contributed by atoms with E-state index in [0.29, 0.717) is 60.5 Å². The first kappa shape index (κ1) is 23.1. The molecule has 0 unspecified atom stereocenters. The van der Waals surface area contributed by atoms with Crippen molar-refractivity contribution in [2.75, 3.05) is 31.6 Å². The van der Waals surface area contributed by atoms with E-state index in [2.05, 4.69) is 21.2 Å². The molecule has 1 N–H and O–H groups in total. The van der Waals surface area contributed by atoms with Crippen molar-refractivity contribution in [1.82, 2.24) is 4.31 Å². The summed E-state index contributed by atoms with van der Waals surface area (Å²) in [5, 5.41) is 2.94. The standard InChI is InChI=1S/C20H25BrN2O5S2/c1-3-27-15-5-6-17(28-4-2)16(13-15)22-20(24)14-9-11-23(12-10-14)30(25,26)19-8-7-18(21)29-19/h5-8,13-14H,3-4,9-12H2,1-2H3,(H,22,24). The Morgan fingerprint density at radius 2 is 1.87 bits per heavy atom. The zero-order valence-electron chi connectivity index (χ0n) is 16.9. The molecule has 1 aromatic carbocycles. The molecule has 0 radical (unpaired) electrons. The lowest BCUT2D eigenvalue weighted by Gasteiger charge is -2.30. The third-order valence-electron chi connectivity index (χ3n) is 4.79. The summed E-state index contributed by atoms with van der Waals surface area (Å²) < 4.78 is 39.2. The number of carbonyl (C=O) groups excluding carboxylic acids is 1. The monoisotopic (exact) mass is 516 g/mol. The van der Waals surface area contributed by atoms with E-state index in [1.165, 1.54) is 15.6 Å². The molecule has 2 heterocycles. The van der Waals surface area contributed by atoms with Gasteiger partial charge in [-0.05, 0) is 66.9 Å². The fraction of sp³-hybridized carbons (Fsp3) is 0.450. The molecule has 1 aromatic heterocycles. The van der Waals surface area contributed by atoms with Crippen LogP contribution in [0.2, 0.25) is 0 Å². The van der Waals surface area contributed by atoms with Gasteiger partial charge in [0.15, 0.2) is 0 Å². The molecule has 0 bridgehead atoms. The van der Waals surface area contributed by atoms with Crippen molar-refractivity contribution >= 4 is 48.9 Å². The van der Waals surface area contributed by atoms with E-state index in [0.717, 1.165) is 3.79 Å². The predicted octanol–water partition coefficient (Wildman–Crippen LogP) is 4.35. The average molecular weight is 517 g/mol. The van der Waals surface area contributed by atoms with Crippen molar-refractivity contribution < 1.29 is 22.7 Å². The molecular formula is C20H25BrN2O5S2. The number of hydrogen-bond acceptors (Lipinski definition) is 6. The fourth-order valence-corrected chi connectivity index (χ4v) is 6.94. The number of nitrogens with zero attached hydrogens (tertiary/aromatic N) is 1. The summed E-state index contributed by atoms with van der Waals surface area (Å²) in [6.07, 6.45) is 0.930. The lowest BCUT2D eigenvalue weighted by molar-refractivity contribution is -0.120. The van der Waals surface area contributed by atoms with Crippen molar-refractivity contribution in [1.29, 1.82) is 0 Å². The molecule has 1 aliphatic rings. The maximum atomic E-state index is 12.8. The minimum absolute atomic E-state index is 0.138. The van der Waals surface area contributed by atoms with Gasteiger partial charge in [0.25, 0.3) is 10.0 Å². The van der Waals surface area contributed by atoms with Gasteiger partial charge in [-0.25, -0.2) is 8.42 Å². The minimum Gasteiger partial charge on any atom is -0.494 e. The van der Waals surface area contributed by atoms with Crippen LogP contribution in [-0.4, -0.2) is 44.9 Å². The van der Waals surface area contributed by atoms with E-state index < -0.39 is 10.0 Å². The van der Waals surface area contributed by atoms with Crippen molar-refractivity contribution in [3.05, 3.63) is 34.1 Å². The van der Waals surface area contributed by atoms with Crippen molar-refractivity contribution in [2.24, 2.45) is 5.92 Å². The first-order valence-electron chi connectivity index (χ1n) is 9.81. The normalized spacial score (nSPS) is 15.7. The molecule has 30 heavy (non-hydrogen) atoms. The van der Waals surface area contributed by atoms with Crippen molar-refractivity contribution in [3.8, 4) is 11.5 Å². The first-order valence-corrected chi connectivity index (χ1v) is 12.9. The lowest BCUT2D eigenvalue weighted by Crippen LogP contribution is -2.41. The van der Waals surface area contributed by atoms with Gasteiger partial charge < -0.3 is 14.8 Å². The Morgan fingerprint density at radius 3 is 2.47 bits per heavy atom. The molecule has 0 atom stereocenters. The number of benzene rings is 1. The lowest BCUT2D eigenvalue weighted by atomic mass is 9.97. The van der Waals surface area contributed by atoms with Gasteiger partial charge in [-0.3, -0.25) is 4.79 Å². The Kier molecular flexibility index (Phi) is 7.78. The Bertz CT molecular complexity index is 985. The van der Waals surface area contributed by atoms with Gasteiger partial charge in [-0.1, -0.05) is 0 Å². The van der Waals surface area contributed by atoms with Crippen LogP contribution in [0.15, 0.2) is 38.3 Å². The second-order valence-electron chi connectivity index (χ2n) is 6.75. The van der Waals surface area contributed by atoms with Gasteiger partial charge in [0, 0.05) is 25.1 Å². The summed E-state index contributed by atoms with van der Waals surface area (Å²) in [4.78, 5) is 12.8. The zero-order chi connectivity index (χ0) is 21.7. The molecule has 0 saturated carbocycles. The maximum Gasteiger partial charge on any atom is 0.252 e. The summed E-state index contributed by atoms with van der Waals surface area (Å²) in [6.45, 7) is 5.40. The smallest absolute Gasteiger partial charge is 0.252 e. The summed E-state index contributed by atoms with van der Waals surface area (Å²) >= 11 is 4.49. The zero-order valence-corrected chi connectivity index (χ0v) is 20.1. The molecule has 164 valence electrons. The summed E-state index contributed by atoms with van der Waals surface area (Å²) in [6, 6.07) is 8.66. The van der Waals surface area contributed by atoms with Crippen LogP contribution in [0.1, 0.15) is 26.7 Å². The van der Waals surface area contributed by atoms with E-state index in [-0.39, 0.29) is 11.8 Å². The van der Waals surface area contributed by atoms with E-state index in [4.69, 9.17) is 9.47 Å². The second-order valence-corrected chi connectivity index (χ2v) is 11.4. The van der Waals surface area contributed by atoms with Crippen molar-refractivity contribution in [3.63, 3.8) is 0 Å². The Labute approximate surface area is 189 Å². The summed E-state index contributed by atoms with van der Waals surface area (Å²) in [5.41, 5.74) is 0.561. The van der Waals surface area contributed by atoms with Gasteiger partial charge in [-0.2, -0.15) is 4.31 Å². The fourth-order valence-electron chi connectivity index (χ4n) is 3.30. The number of halogens is 1. The number of hydrogen-bond donors (Lipinski definition) is 1. The number of anilines is 1. The van der Waals surface area contributed by atoms with E-state index in [1.54, 1.807) is 30.3 Å². The van der Waals surface area contributed by atoms with Gasteiger partial charge >= 0.3 is 0 Å². The molecule has 1 amide bonds. The predicted molar refractivity (Wildman–Crippen MR) is 121 cm³/mol. The minimum atomic E-state index is -3.52. The second kappa shape index (κ2) is 10.1. The van der Waals surface area contributed by atoms with Crippen LogP contribution in [0.3, 0.4) is 0 Å². The third kappa shape index (κ3) is 5.35. The van der Waals surface area contributed by atoms with Crippen LogP contribution in [0.4, 0.5) is 5.69 Å². The van der Waals surface area contributed by atoms with Crippen LogP contribution in [0, 0.1) is 5.92 Å². The highest BCUT2D eigenvalue weighted by atomic mass is 79.9. The molecule has 3 rings (SSSR count).